The smallest absolute Gasteiger partial charge is 0.271 e. The van der Waals surface area contributed by atoms with Crippen molar-refractivity contribution in [3.05, 3.63) is 41.6 Å². The number of aryl methyl sites for hydroxylation is 1. The average molecular weight is 324 g/mol. The molecule has 1 aromatic carbocycles. The summed E-state index contributed by atoms with van der Waals surface area (Å²) in [7, 11) is 0. The number of fused-ring (bicyclic) bond motifs is 1. The molecule has 0 aliphatic carbocycles. The summed E-state index contributed by atoms with van der Waals surface area (Å²) >= 11 is 0. The monoisotopic (exact) mass is 324 g/mol. The van der Waals surface area contributed by atoms with Crippen molar-refractivity contribution < 1.29 is 4.79 Å². The number of hydrogen-bond donors (Lipinski definition) is 2. The lowest BCUT2D eigenvalue weighted by molar-refractivity contribution is 0.0780. The first-order chi connectivity index (χ1) is 11.7. The van der Waals surface area contributed by atoms with Gasteiger partial charge in [-0.1, -0.05) is 31.2 Å². The predicted octanol–water partition coefficient (Wildman–Crippen LogP) is 2.46. The van der Waals surface area contributed by atoms with E-state index in [-0.39, 0.29) is 5.91 Å². The van der Waals surface area contributed by atoms with E-state index in [9.17, 15) is 4.79 Å². The molecule has 0 bridgehead atoms. The zero-order valence-corrected chi connectivity index (χ0v) is 14.1. The summed E-state index contributed by atoms with van der Waals surface area (Å²) in [6, 6.07) is 10.7. The summed E-state index contributed by atoms with van der Waals surface area (Å²) in [5, 5.41) is 10.8. The number of carbonyl (C=O) groups excluding carboxylic acids is 1. The maximum Gasteiger partial charge on any atom is 0.271 e. The molecular formula is C19H24N4O. The van der Waals surface area contributed by atoms with Crippen LogP contribution in [0.1, 0.15) is 35.8 Å². The molecule has 2 N–H and O–H groups in total. The molecule has 24 heavy (non-hydrogen) atoms. The fourth-order valence-electron chi connectivity index (χ4n) is 3.87. The van der Waals surface area contributed by atoms with E-state index in [1.165, 1.54) is 18.4 Å². The molecule has 0 unspecified atom stereocenters. The van der Waals surface area contributed by atoms with Crippen molar-refractivity contribution in [3.8, 4) is 11.3 Å². The highest BCUT2D eigenvalue weighted by Gasteiger charge is 2.37. The lowest BCUT2D eigenvalue weighted by Gasteiger charge is -2.24. The van der Waals surface area contributed by atoms with Crippen molar-refractivity contribution in [2.75, 3.05) is 19.6 Å². The first-order valence-electron chi connectivity index (χ1n) is 8.92. The van der Waals surface area contributed by atoms with E-state index in [1.54, 1.807) is 0 Å². The van der Waals surface area contributed by atoms with Crippen LogP contribution in [0.4, 0.5) is 0 Å². The minimum Gasteiger partial charge on any atom is -0.335 e. The van der Waals surface area contributed by atoms with Gasteiger partial charge in [-0.25, -0.2) is 0 Å². The number of piperidine rings is 1. The second kappa shape index (κ2) is 6.40. The molecule has 2 atom stereocenters. The summed E-state index contributed by atoms with van der Waals surface area (Å²) in [4.78, 5) is 14.7. The van der Waals surface area contributed by atoms with Gasteiger partial charge in [-0.15, -0.1) is 0 Å². The third-order valence-electron chi connectivity index (χ3n) is 5.35. The van der Waals surface area contributed by atoms with E-state index in [1.807, 2.05) is 11.0 Å². The lowest BCUT2D eigenvalue weighted by Crippen LogP contribution is -2.41. The van der Waals surface area contributed by atoms with Crippen molar-refractivity contribution in [2.45, 2.75) is 32.2 Å². The lowest BCUT2D eigenvalue weighted by atomic mass is 9.94. The van der Waals surface area contributed by atoms with Crippen molar-refractivity contribution in [3.63, 3.8) is 0 Å². The summed E-state index contributed by atoms with van der Waals surface area (Å²) in [6.45, 7) is 4.88. The van der Waals surface area contributed by atoms with Crippen LogP contribution in [-0.2, 0) is 6.42 Å². The molecule has 5 heteroatoms. The Balaban J connectivity index is 1.48. The molecule has 0 radical (unpaired) electrons. The topological polar surface area (TPSA) is 61.0 Å². The Bertz CT molecular complexity index is 707. The van der Waals surface area contributed by atoms with Crippen LogP contribution in [0.2, 0.25) is 0 Å². The normalized spacial score (nSPS) is 23.3. The van der Waals surface area contributed by atoms with E-state index in [2.05, 4.69) is 46.7 Å². The number of amides is 1. The number of nitrogens with zero attached hydrogens (tertiary/aromatic N) is 2. The maximum atomic E-state index is 12.8. The van der Waals surface area contributed by atoms with E-state index in [0.29, 0.717) is 17.7 Å². The van der Waals surface area contributed by atoms with Crippen LogP contribution < -0.4 is 5.32 Å². The summed E-state index contributed by atoms with van der Waals surface area (Å²) in [5.74, 6) is 0.668. The Labute approximate surface area is 142 Å². The number of rotatable bonds is 3. The van der Waals surface area contributed by atoms with E-state index < -0.39 is 0 Å². The second-order valence-electron chi connectivity index (χ2n) is 6.89. The van der Waals surface area contributed by atoms with E-state index in [0.717, 1.165) is 37.3 Å². The molecule has 0 saturated carbocycles. The molecule has 2 saturated heterocycles. The van der Waals surface area contributed by atoms with Crippen LogP contribution in [0.15, 0.2) is 30.3 Å². The quantitative estimate of drug-likeness (QED) is 0.912. The number of aromatic amines is 1. The van der Waals surface area contributed by atoms with Gasteiger partial charge in [0, 0.05) is 24.7 Å². The number of benzene rings is 1. The fourth-order valence-corrected chi connectivity index (χ4v) is 3.87. The molecular weight excluding hydrogens is 300 g/mol. The number of nitrogens with one attached hydrogen (secondary N) is 2. The van der Waals surface area contributed by atoms with Crippen molar-refractivity contribution in [1.82, 2.24) is 20.4 Å². The number of aromatic nitrogens is 2. The van der Waals surface area contributed by atoms with Crippen LogP contribution in [0, 0.1) is 5.92 Å². The molecule has 2 aliphatic rings. The second-order valence-corrected chi connectivity index (χ2v) is 6.89. The maximum absolute atomic E-state index is 12.8. The van der Waals surface area contributed by atoms with Gasteiger partial charge >= 0.3 is 0 Å². The Morgan fingerprint density at radius 2 is 2.12 bits per heavy atom. The third-order valence-corrected chi connectivity index (χ3v) is 5.35. The van der Waals surface area contributed by atoms with Crippen LogP contribution in [0.5, 0.6) is 0 Å². The standard InChI is InChI=1S/C19H24N4O/c1-2-13-5-7-14(8-6-13)16-10-17(22-21-16)19(24)23-11-15-4-3-9-20-18(15)12-23/h5-8,10,15,18,20H,2-4,9,11-12H2,1H3,(H,21,22)/t15-,18+/m0/s1. The van der Waals surface area contributed by atoms with Gasteiger partial charge in [0.15, 0.2) is 0 Å². The van der Waals surface area contributed by atoms with Gasteiger partial charge in [-0.05, 0) is 43.4 Å². The van der Waals surface area contributed by atoms with Crippen molar-refractivity contribution >= 4 is 5.91 Å². The number of hydrogen-bond acceptors (Lipinski definition) is 3. The SMILES string of the molecule is CCc1ccc(-c2cc(C(=O)N3C[C@@H]4CCCN[C@@H]4C3)[nH]n2)cc1. The molecule has 0 spiro atoms. The van der Waals surface area contributed by atoms with Crippen LogP contribution >= 0.6 is 0 Å². The number of H-pyrrole nitrogens is 1. The summed E-state index contributed by atoms with van der Waals surface area (Å²) in [5.41, 5.74) is 3.76. The van der Waals surface area contributed by atoms with E-state index in [4.69, 9.17) is 0 Å². The van der Waals surface area contributed by atoms with Gasteiger partial charge in [-0.2, -0.15) is 5.10 Å². The van der Waals surface area contributed by atoms with Gasteiger partial charge < -0.3 is 10.2 Å². The fraction of sp³-hybridized carbons (Fsp3) is 0.474. The van der Waals surface area contributed by atoms with Gasteiger partial charge in [0.05, 0.1) is 5.69 Å². The predicted molar refractivity (Wildman–Crippen MR) is 93.8 cm³/mol. The van der Waals surface area contributed by atoms with Crippen LogP contribution in [0.3, 0.4) is 0 Å². The highest BCUT2D eigenvalue weighted by Crippen LogP contribution is 2.26. The Morgan fingerprint density at radius 3 is 2.88 bits per heavy atom. The number of carbonyl (C=O) groups is 1. The van der Waals surface area contributed by atoms with Gasteiger partial charge in [-0.3, -0.25) is 9.89 Å². The Morgan fingerprint density at radius 1 is 1.29 bits per heavy atom. The molecule has 2 aromatic rings. The zero-order valence-electron chi connectivity index (χ0n) is 14.1. The van der Waals surface area contributed by atoms with Gasteiger partial charge in [0.1, 0.15) is 5.69 Å². The minimum absolute atomic E-state index is 0.0649. The summed E-state index contributed by atoms with van der Waals surface area (Å²) < 4.78 is 0. The zero-order chi connectivity index (χ0) is 16.5. The average Bonchev–Trinajstić information content (AvgIpc) is 3.28. The molecule has 126 valence electrons. The first kappa shape index (κ1) is 15.4. The Kier molecular flexibility index (Phi) is 4.10. The third kappa shape index (κ3) is 2.84. The molecule has 1 amide bonds. The van der Waals surface area contributed by atoms with Crippen molar-refractivity contribution in [2.24, 2.45) is 5.92 Å². The molecule has 2 aliphatic heterocycles. The molecule has 1 aromatic heterocycles. The molecule has 3 heterocycles. The number of likely N-dealkylation sites (tertiary alicyclic amines) is 1. The van der Waals surface area contributed by atoms with Crippen LogP contribution in [-0.4, -0.2) is 46.7 Å². The van der Waals surface area contributed by atoms with Crippen molar-refractivity contribution in [1.29, 1.82) is 0 Å². The highest BCUT2D eigenvalue weighted by atomic mass is 16.2. The Hall–Kier alpha value is -2.14. The largest absolute Gasteiger partial charge is 0.335 e. The first-order valence-corrected chi connectivity index (χ1v) is 8.92. The summed E-state index contributed by atoms with van der Waals surface area (Å²) in [6.07, 6.45) is 3.46. The van der Waals surface area contributed by atoms with Crippen LogP contribution in [0.25, 0.3) is 11.3 Å². The van der Waals surface area contributed by atoms with Gasteiger partial charge in [0.2, 0.25) is 0 Å². The molecule has 4 rings (SSSR count). The highest BCUT2D eigenvalue weighted by molar-refractivity contribution is 5.93. The van der Waals surface area contributed by atoms with Gasteiger partial charge in [0.25, 0.3) is 5.91 Å². The molecule has 5 nitrogen and oxygen atoms in total. The molecule has 2 fully saturated rings. The minimum atomic E-state index is 0.0649. The van der Waals surface area contributed by atoms with E-state index >= 15 is 0 Å².